The van der Waals surface area contributed by atoms with E-state index < -0.39 is 18.2 Å². The van der Waals surface area contributed by atoms with Gasteiger partial charge in [0, 0.05) is 16.6 Å². The molecule has 112 valence electrons. The second-order valence-electron chi connectivity index (χ2n) is 4.21. The molecule has 0 unspecified atom stereocenters. The van der Waals surface area contributed by atoms with Gasteiger partial charge in [-0.1, -0.05) is 15.9 Å². The summed E-state index contributed by atoms with van der Waals surface area (Å²) >= 11 is 3.34. The average molecular weight is 362 g/mol. The summed E-state index contributed by atoms with van der Waals surface area (Å²) in [5.41, 5.74) is 6.51. The van der Waals surface area contributed by atoms with Gasteiger partial charge in [-0.3, -0.25) is 0 Å². The van der Waals surface area contributed by atoms with E-state index in [1.54, 1.807) is 18.2 Å². The van der Waals surface area contributed by atoms with Crippen LogP contribution < -0.4 is 15.2 Å². The van der Waals surface area contributed by atoms with Crippen molar-refractivity contribution in [2.75, 3.05) is 5.73 Å². The predicted molar refractivity (Wildman–Crippen MR) is 76.4 cm³/mol. The highest BCUT2D eigenvalue weighted by molar-refractivity contribution is 9.10. The number of benzene rings is 2. The predicted octanol–water partition coefficient (Wildman–Crippen LogP) is 4.87. The fourth-order valence-corrected chi connectivity index (χ4v) is 1.88. The molecule has 0 aromatic heterocycles. The van der Waals surface area contributed by atoms with E-state index >= 15 is 0 Å². The molecule has 0 atom stereocenters. The number of hydrogen-bond donors (Lipinski definition) is 1. The van der Waals surface area contributed by atoms with Gasteiger partial charge in [0.1, 0.15) is 5.75 Å². The fraction of sp³-hybridized carbons (Fsp3) is 0.143. The van der Waals surface area contributed by atoms with Gasteiger partial charge in [0.15, 0.2) is 17.3 Å². The number of nitrogens with two attached hydrogens (primary N) is 1. The molecule has 0 radical (unpaired) electrons. The van der Waals surface area contributed by atoms with E-state index in [1.165, 1.54) is 0 Å². The number of hydrogen-bond acceptors (Lipinski definition) is 3. The zero-order valence-corrected chi connectivity index (χ0v) is 12.5. The topological polar surface area (TPSA) is 44.5 Å². The molecule has 0 spiro atoms. The van der Waals surface area contributed by atoms with Gasteiger partial charge in [-0.2, -0.15) is 8.78 Å². The monoisotopic (exact) mass is 361 g/mol. The van der Waals surface area contributed by atoms with Crippen LogP contribution >= 0.6 is 15.9 Å². The smallest absolute Gasteiger partial charge is 0.387 e. The normalized spacial score (nSPS) is 10.8. The molecule has 2 aromatic carbocycles. The Balaban J connectivity index is 2.32. The van der Waals surface area contributed by atoms with E-state index in [4.69, 9.17) is 10.5 Å². The summed E-state index contributed by atoms with van der Waals surface area (Å²) in [4.78, 5) is 0. The Bertz CT molecular complexity index is 665. The van der Waals surface area contributed by atoms with Gasteiger partial charge in [-0.25, -0.2) is 4.39 Å². The van der Waals surface area contributed by atoms with E-state index in [0.717, 1.165) is 22.2 Å². The largest absolute Gasteiger partial charge is 0.455 e. The summed E-state index contributed by atoms with van der Waals surface area (Å²) in [5.74, 6) is -1.12. The number of ether oxygens (including phenoxy) is 2. The van der Waals surface area contributed by atoms with Gasteiger partial charge in [-0.15, -0.1) is 0 Å². The number of rotatable bonds is 4. The molecule has 0 saturated carbocycles. The van der Waals surface area contributed by atoms with Gasteiger partial charge >= 0.3 is 6.61 Å². The maximum Gasteiger partial charge on any atom is 0.387 e. The van der Waals surface area contributed by atoms with Crippen molar-refractivity contribution >= 4 is 21.6 Å². The third-order valence-electron chi connectivity index (χ3n) is 2.64. The van der Waals surface area contributed by atoms with E-state index in [0.29, 0.717) is 5.75 Å². The molecule has 0 aliphatic rings. The Labute approximate surface area is 127 Å². The van der Waals surface area contributed by atoms with Crippen molar-refractivity contribution in [3.63, 3.8) is 0 Å². The fourth-order valence-electron chi connectivity index (χ4n) is 1.63. The average Bonchev–Trinajstić information content (AvgIpc) is 2.39. The third kappa shape index (κ3) is 3.81. The van der Waals surface area contributed by atoms with Gasteiger partial charge in [-0.05, 0) is 30.7 Å². The summed E-state index contributed by atoms with van der Waals surface area (Å²) in [6.45, 7) is -1.28. The SMILES string of the molecule is Cc1cc(Oc2cc(OC(F)F)c(F)cc2N)ccc1Br. The number of nitrogen functional groups attached to an aromatic ring is 1. The molecular weight excluding hydrogens is 351 g/mol. The number of alkyl halides is 2. The molecule has 2 rings (SSSR count). The summed E-state index contributed by atoms with van der Waals surface area (Å²) in [6.07, 6.45) is 0. The highest BCUT2D eigenvalue weighted by Crippen LogP contribution is 2.35. The third-order valence-corrected chi connectivity index (χ3v) is 3.53. The molecule has 0 heterocycles. The maximum absolute atomic E-state index is 13.4. The van der Waals surface area contributed by atoms with E-state index in [9.17, 15) is 13.2 Å². The molecule has 0 fully saturated rings. The highest BCUT2D eigenvalue weighted by atomic mass is 79.9. The number of halogens is 4. The molecule has 7 heteroatoms. The minimum absolute atomic E-state index is 0.0188. The van der Waals surface area contributed by atoms with Crippen LogP contribution in [0, 0.1) is 12.7 Å². The van der Waals surface area contributed by atoms with Crippen LogP contribution in [0.1, 0.15) is 5.56 Å². The minimum atomic E-state index is -3.13. The molecule has 2 N–H and O–H groups in total. The van der Waals surface area contributed by atoms with E-state index in [2.05, 4.69) is 20.7 Å². The Morgan fingerprint density at radius 1 is 1.14 bits per heavy atom. The lowest BCUT2D eigenvalue weighted by molar-refractivity contribution is -0.0522. The Morgan fingerprint density at radius 3 is 2.48 bits per heavy atom. The summed E-state index contributed by atoms with van der Waals surface area (Å²) in [6, 6.07) is 7.02. The van der Waals surface area contributed by atoms with Crippen molar-refractivity contribution in [3.05, 3.63) is 46.2 Å². The minimum Gasteiger partial charge on any atom is -0.455 e. The zero-order valence-electron chi connectivity index (χ0n) is 10.9. The molecule has 3 nitrogen and oxygen atoms in total. The lowest BCUT2D eigenvalue weighted by Gasteiger charge is -2.12. The van der Waals surface area contributed by atoms with Crippen molar-refractivity contribution in [1.29, 1.82) is 0 Å². The van der Waals surface area contributed by atoms with Crippen LogP contribution in [0.3, 0.4) is 0 Å². The van der Waals surface area contributed by atoms with Crippen molar-refractivity contribution in [2.24, 2.45) is 0 Å². The van der Waals surface area contributed by atoms with E-state index in [-0.39, 0.29) is 11.4 Å². The summed E-state index contributed by atoms with van der Waals surface area (Å²) in [5, 5.41) is 0. The molecule has 0 amide bonds. The highest BCUT2D eigenvalue weighted by Gasteiger charge is 2.15. The second kappa shape index (κ2) is 6.26. The first kappa shape index (κ1) is 15.5. The van der Waals surface area contributed by atoms with Crippen molar-refractivity contribution in [1.82, 2.24) is 0 Å². The number of aryl methyl sites for hydroxylation is 1. The standard InChI is InChI=1S/C14H11BrF3NO2/c1-7-4-8(2-3-9(7)15)20-13-6-12(21-14(17)18)10(16)5-11(13)19/h2-6,14H,19H2,1H3. The van der Waals surface area contributed by atoms with Crippen LogP contribution in [0.2, 0.25) is 0 Å². The molecule has 0 bridgehead atoms. The van der Waals surface area contributed by atoms with Gasteiger partial charge in [0.25, 0.3) is 0 Å². The van der Waals surface area contributed by atoms with Gasteiger partial charge < -0.3 is 15.2 Å². The molecule has 0 saturated heterocycles. The number of anilines is 1. The Kier molecular flexibility index (Phi) is 4.62. The first-order valence-corrected chi connectivity index (χ1v) is 6.64. The van der Waals surface area contributed by atoms with Crippen LogP contribution in [0.5, 0.6) is 17.2 Å². The van der Waals surface area contributed by atoms with Crippen LogP contribution in [0.4, 0.5) is 18.9 Å². The van der Waals surface area contributed by atoms with Crippen LogP contribution in [0.15, 0.2) is 34.8 Å². The second-order valence-corrected chi connectivity index (χ2v) is 5.07. The van der Waals surface area contributed by atoms with Crippen molar-refractivity contribution in [2.45, 2.75) is 13.5 Å². The first-order chi connectivity index (χ1) is 9.86. The summed E-state index contributed by atoms with van der Waals surface area (Å²) < 4.78 is 48.3. The zero-order chi connectivity index (χ0) is 15.6. The molecule has 0 aliphatic heterocycles. The Morgan fingerprint density at radius 2 is 1.86 bits per heavy atom. The quantitative estimate of drug-likeness (QED) is 0.789. The molecule has 21 heavy (non-hydrogen) atoms. The molecular formula is C14H11BrF3NO2. The maximum atomic E-state index is 13.4. The van der Waals surface area contributed by atoms with Gasteiger partial charge in [0.2, 0.25) is 0 Å². The lowest BCUT2D eigenvalue weighted by atomic mass is 10.2. The van der Waals surface area contributed by atoms with E-state index in [1.807, 2.05) is 6.92 Å². The van der Waals surface area contributed by atoms with Gasteiger partial charge in [0.05, 0.1) is 5.69 Å². The first-order valence-electron chi connectivity index (χ1n) is 5.84. The lowest BCUT2D eigenvalue weighted by Crippen LogP contribution is -2.05. The van der Waals surface area contributed by atoms with Crippen molar-refractivity contribution in [3.8, 4) is 17.2 Å². The van der Waals surface area contributed by atoms with Crippen LogP contribution in [-0.2, 0) is 0 Å². The van der Waals surface area contributed by atoms with Crippen LogP contribution in [-0.4, -0.2) is 6.61 Å². The Hall–Kier alpha value is -1.89. The van der Waals surface area contributed by atoms with Crippen molar-refractivity contribution < 1.29 is 22.6 Å². The molecule has 2 aromatic rings. The summed E-state index contributed by atoms with van der Waals surface area (Å²) in [7, 11) is 0. The molecule has 0 aliphatic carbocycles. The van der Waals surface area contributed by atoms with Crippen LogP contribution in [0.25, 0.3) is 0 Å².